The zero-order valence-corrected chi connectivity index (χ0v) is 8.60. The Bertz CT molecular complexity index is 416. The highest BCUT2D eigenvalue weighted by molar-refractivity contribution is 9.10. The van der Waals surface area contributed by atoms with E-state index < -0.39 is 5.43 Å². The van der Waals surface area contributed by atoms with Crippen LogP contribution < -0.4 is 5.43 Å². The molecule has 0 aromatic heterocycles. The van der Waals surface area contributed by atoms with Crippen LogP contribution in [0.1, 0.15) is 28.1 Å². The van der Waals surface area contributed by atoms with Crippen LogP contribution in [0.5, 0.6) is 0 Å². The predicted molar refractivity (Wildman–Crippen MR) is 54.5 cm³/mol. The van der Waals surface area contributed by atoms with Gasteiger partial charge in [-0.25, -0.2) is 0 Å². The summed E-state index contributed by atoms with van der Waals surface area (Å²) in [5, 5.41) is 0. The van der Waals surface area contributed by atoms with Gasteiger partial charge < -0.3 is 0 Å². The molecule has 1 aromatic rings. The lowest BCUT2D eigenvalue weighted by atomic mass is 10.1. The summed E-state index contributed by atoms with van der Waals surface area (Å²) in [6.45, 7) is 3.93. The summed E-state index contributed by atoms with van der Waals surface area (Å²) in [5.74, 6) is 0.210. The van der Waals surface area contributed by atoms with Gasteiger partial charge in [0, 0.05) is 0 Å². The molecule has 12 heavy (non-hydrogen) atoms. The van der Waals surface area contributed by atoms with Crippen molar-refractivity contribution >= 4 is 15.9 Å². The van der Waals surface area contributed by atoms with Gasteiger partial charge >= 0.3 is 0 Å². The lowest BCUT2D eigenvalue weighted by Crippen LogP contribution is -1.92. The molecule has 0 bridgehead atoms. The van der Waals surface area contributed by atoms with E-state index in [-0.39, 0.29) is 22.5 Å². The summed E-state index contributed by atoms with van der Waals surface area (Å²) < 4.78 is 15.2. The maximum Gasteiger partial charge on any atom is 0.192 e. The molecule has 0 amide bonds. The number of hydrogen-bond donors (Lipinski definition) is 0. The van der Waals surface area contributed by atoms with Crippen LogP contribution in [0, 0.1) is 0 Å². The van der Waals surface area contributed by atoms with Crippen LogP contribution in [0.2, 0.25) is 0 Å². The van der Waals surface area contributed by atoms with Gasteiger partial charge in [-0.15, -0.1) is 0 Å². The quantitative estimate of drug-likeness (QED) is 0.723. The van der Waals surface area contributed by atoms with Crippen molar-refractivity contribution in [3.8, 4) is 0 Å². The van der Waals surface area contributed by atoms with Crippen LogP contribution in [0.4, 0.5) is 0 Å². The summed E-state index contributed by atoms with van der Waals surface area (Å²) in [5.41, 5.74) is 0.407. The minimum absolute atomic E-state index is 0.0703. The summed E-state index contributed by atoms with van der Waals surface area (Å²) in [7, 11) is 0. The second-order valence-electron chi connectivity index (χ2n) is 2.88. The largest absolute Gasteiger partial charge is 0.289 e. The SMILES string of the molecule is [2H]c1cc(C(C)C)cc([2H])c(=O)c1Br. The molecule has 1 rings (SSSR count). The van der Waals surface area contributed by atoms with E-state index in [1.807, 2.05) is 13.8 Å². The van der Waals surface area contributed by atoms with E-state index >= 15 is 0 Å². The third-order valence-corrected chi connectivity index (χ3v) is 2.19. The third-order valence-electron chi connectivity index (χ3n) is 1.60. The molecule has 1 nitrogen and oxygen atoms in total. The highest BCUT2D eigenvalue weighted by atomic mass is 79.9. The highest BCUT2D eigenvalue weighted by Gasteiger charge is 1.97. The van der Waals surface area contributed by atoms with Crippen LogP contribution >= 0.6 is 15.9 Å². The monoisotopic (exact) mass is 228 g/mol. The summed E-state index contributed by atoms with van der Waals surface area (Å²) in [4.78, 5) is 11.4. The molecule has 0 radical (unpaired) electrons. The molecule has 1 aromatic carbocycles. The zero-order chi connectivity index (χ0) is 10.9. The lowest BCUT2D eigenvalue weighted by Gasteiger charge is -1.99. The van der Waals surface area contributed by atoms with Gasteiger partial charge in [0.25, 0.3) is 0 Å². The number of hydrogen-bond acceptors (Lipinski definition) is 1. The van der Waals surface area contributed by atoms with Crippen LogP contribution in [0.3, 0.4) is 0 Å². The Morgan fingerprint density at radius 3 is 2.58 bits per heavy atom. The van der Waals surface area contributed by atoms with Crippen molar-refractivity contribution in [2.45, 2.75) is 19.8 Å². The molecular formula is C10H11BrO. The van der Waals surface area contributed by atoms with Crippen molar-refractivity contribution in [3.05, 3.63) is 44.5 Å². The minimum Gasteiger partial charge on any atom is -0.289 e. The molecule has 0 saturated carbocycles. The number of rotatable bonds is 1. The molecule has 0 unspecified atom stereocenters. The summed E-state index contributed by atoms with van der Waals surface area (Å²) >= 11 is 3.02. The fourth-order valence-electron chi connectivity index (χ4n) is 0.799. The van der Waals surface area contributed by atoms with Gasteiger partial charge in [0.1, 0.15) is 0 Å². The highest BCUT2D eigenvalue weighted by Crippen LogP contribution is 2.12. The van der Waals surface area contributed by atoms with Gasteiger partial charge in [-0.3, -0.25) is 4.79 Å². The van der Waals surface area contributed by atoms with Crippen molar-refractivity contribution in [3.63, 3.8) is 0 Å². The van der Waals surface area contributed by atoms with Crippen LogP contribution in [0.25, 0.3) is 0 Å². The van der Waals surface area contributed by atoms with Crippen molar-refractivity contribution in [1.29, 1.82) is 0 Å². The first-order chi connectivity index (χ1) is 6.43. The van der Waals surface area contributed by atoms with Crippen LogP contribution in [-0.2, 0) is 0 Å². The van der Waals surface area contributed by atoms with Gasteiger partial charge in [-0.1, -0.05) is 26.0 Å². The van der Waals surface area contributed by atoms with E-state index in [1.165, 1.54) is 6.07 Å². The normalized spacial score (nSPS) is 12.7. The molecule has 0 fully saturated rings. The van der Waals surface area contributed by atoms with Gasteiger partial charge in [-0.05, 0) is 39.5 Å². The van der Waals surface area contributed by atoms with Crippen molar-refractivity contribution in [2.24, 2.45) is 0 Å². The Morgan fingerprint density at radius 2 is 2.00 bits per heavy atom. The predicted octanol–water partition coefficient (Wildman–Crippen LogP) is 2.93. The second-order valence-corrected chi connectivity index (χ2v) is 3.67. The van der Waals surface area contributed by atoms with Crippen molar-refractivity contribution in [1.82, 2.24) is 0 Å². The van der Waals surface area contributed by atoms with Gasteiger partial charge in [0.05, 0.1) is 7.21 Å². The molecule has 0 spiro atoms. The molecule has 0 aliphatic heterocycles. The molecule has 2 heteroatoms. The first-order valence-corrected chi connectivity index (χ1v) is 4.53. The average Bonchev–Trinajstić information content (AvgIpc) is 2.20. The molecule has 0 atom stereocenters. The Morgan fingerprint density at radius 1 is 1.42 bits per heavy atom. The van der Waals surface area contributed by atoms with E-state index in [4.69, 9.17) is 2.74 Å². The van der Waals surface area contributed by atoms with E-state index in [1.54, 1.807) is 6.07 Å². The first-order valence-electron chi connectivity index (χ1n) is 4.74. The average molecular weight is 229 g/mol. The van der Waals surface area contributed by atoms with Gasteiger partial charge in [0.15, 0.2) is 5.43 Å². The fraction of sp³-hybridized carbons (Fsp3) is 0.300. The third kappa shape index (κ3) is 2.18. The molecule has 0 saturated heterocycles. The van der Waals surface area contributed by atoms with Crippen molar-refractivity contribution < 1.29 is 2.74 Å². The molecule has 0 aliphatic rings. The molecule has 0 N–H and O–H groups in total. The molecule has 0 aliphatic carbocycles. The second kappa shape index (κ2) is 3.85. The van der Waals surface area contributed by atoms with E-state index in [0.717, 1.165) is 5.56 Å². The summed E-state index contributed by atoms with van der Waals surface area (Å²) in [6.07, 6.45) is 0. The zero-order valence-electron chi connectivity index (χ0n) is 9.02. The van der Waals surface area contributed by atoms with Crippen molar-refractivity contribution in [2.75, 3.05) is 0 Å². The maximum absolute atomic E-state index is 11.4. The fourth-order valence-corrected chi connectivity index (χ4v) is 1.03. The topological polar surface area (TPSA) is 17.1 Å². The smallest absolute Gasteiger partial charge is 0.192 e. The Labute approximate surface area is 83.4 Å². The standard InChI is InChI=1S/C10H11BrO/c1-7(2)8-3-5-9(11)10(12)6-4-8/h3-7H,1-2H3/i5D,6D. The first kappa shape index (κ1) is 6.84. The van der Waals surface area contributed by atoms with Crippen LogP contribution in [-0.4, -0.2) is 0 Å². The van der Waals surface area contributed by atoms with Gasteiger partial charge in [0.2, 0.25) is 0 Å². The van der Waals surface area contributed by atoms with Gasteiger partial charge in [-0.2, -0.15) is 0 Å². The van der Waals surface area contributed by atoms with E-state index in [9.17, 15) is 4.79 Å². The Hall–Kier alpha value is -0.630. The number of halogens is 1. The van der Waals surface area contributed by atoms with E-state index in [2.05, 4.69) is 15.9 Å². The minimum atomic E-state index is -0.429. The van der Waals surface area contributed by atoms with Crippen LogP contribution in [0.15, 0.2) is 33.5 Å². The van der Waals surface area contributed by atoms with E-state index in [0.29, 0.717) is 0 Å². The summed E-state index contributed by atoms with van der Waals surface area (Å²) in [6, 6.07) is 3.21. The Kier molecular flexibility index (Phi) is 2.20. The maximum atomic E-state index is 11.4. The Balaban J connectivity index is 3.59. The molecule has 0 heterocycles. The molecule has 64 valence electrons. The molecular weight excluding hydrogens is 216 g/mol. The lowest BCUT2D eigenvalue weighted by molar-refractivity contribution is 0.868.